The van der Waals surface area contributed by atoms with Gasteiger partial charge in [0.25, 0.3) is 0 Å². The number of nitrogens with one attached hydrogen (secondary N) is 1. The summed E-state index contributed by atoms with van der Waals surface area (Å²) in [5.41, 5.74) is 0.481. The number of hydrogen-bond donors (Lipinski definition) is 1. The maximum Gasteiger partial charge on any atom is 0.240 e. The molecule has 1 aromatic rings. The Morgan fingerprint density at radius 1 is 1.30 bits per heavy atom. The number of hydrogen-bond acceptors (Lipinski definition) is 4. The number of carbonyl (C=O) groups excluding carboxylic acids is 1. The Balaban J connectivity index is 2.03. The zero-order valence-corrected chi connectivity index (χ0v) is 15.7. The third-order valence-electron chi connectivity index (χ3n) is 3.89. The first kappa shape index (κ1) is 18.2. The minimum absolute atomic E-state index is 0.116. The van der Waals surface area contributed by atoms with E-state index in [-0.39, 0.29) is 18.5 Å². The molecule has 0 atom stereocenters. The van der Waals surface area contributed by atoms with Crippen molar-refractivity contribution < 1.29 is 13.2 Å². The lowest BCUT2D eigenvalue weighted by Gasteiger charge is -2.30. The van der Waals surface area contributed by atoms with Gasteiger partial charge in [-0.25, -0.2) is 8.42 Å². The Morgan fingerprint density at radius 3 is 2.39 bits per heavy atom. The molecule has 1 saturated heterocycles. The van der Waals surface area contributed by atoms with E-state index in [2.05, 4.69) is 33.2 Å². The van der Waals surface area contributed by atoms with Crippen LogP contribution in [-0.4, -0.2) is 58.2 Å². The second-order valence-electron chi connectivity index (χ2n) is 5.89. The molecule has 23 heavy (non-hydrogen) atoms. The van der Waals surface area contributed by atoms with Crippen LogP contribution < -0.4 is 9.62 Å². The maximum atomic E-state index is 12.3. The minimum Gasteiger partial charge on any atom is -0.352 e. The summed E-state index contributed by atoms with van der Waals surface area (Å²) in [7, 11) is -1.47. The number of anilines is 1. The van der Waals surface area contributed by atoms with Gasteiger partial charge in [0.15, 0.2) is 0 Å². The number of rotatable bonds is 5. The molecule has 8 heteroatoms. The fourth-order valence-electron chi connectivity index (χ4n) is 2.56. The highest BCUT2D eigenvalue weighted by Gasteiger charge is 2.23. The summed E-state index contributed by atoms with van der Waals surface area (Å²) in [6, 6.07) is 6.97. The molecule has 2 rings (SSSR count). The van der Waals surface area contributed by atoms with Gasteiger partial charge in [0.2, 0.25) is 15.9 Å². The van der Waals surface area contributed by atoms with Gasteiger partial charge in [0.05, 0.1) is 11.9 Å². The second-order valence-corrected chi connectivity index (χ2v) is 8.71. The van der Waals surface area contributed by atoms with Crippen LogP contribution in [0.1, 0.15) is 12.8 Å². The van der Waals surface area contributed by atoms with Crippen LogP contribution in [0.15, 0.2) is 28.7 Å². The molecule has 1 fully saturated rings. The Bertz CT molecular complexity index is 640. The molecule has 128 valence electrons. The van der Waals surface area contributed by atoms with E-state index >= 15 is 0 Å². The van der Waals surface area contributed by atoms with Crippen molar-refractivity contribution in [2.24, 2.45) is 0 Å². The summed E-state index contributed by atoms with van der Waals surface area (Å²) in [5, 5.41) is 2.94. The van der Waals surface area contributed by atoms with Gasteiger partial charge in [-0.1, -0.05) is 15.9 Å². The van der Waals surface area contributed by atoms with E-state index in [0.717, 1.165) is 41.0 Å². The predicted molar refractivity (Wildman–Crippen MR) is 95.0 cm³/mol. The third kappa shape index (κ3) is 5.47. The number of likely N-dealkylation sites (tertiary alicyclic amines) is 1. The molecule has 1 aliphatic rings. The molecule has 1 aromatic carbocycles. The molecule has 0 bridgehead atoms. The average molecular weight is 404 g/mol. The molecule has 0 saturated carbocycles. The minimum atomic E-state index is -3.53. The second kappa shape index (κ2) is 7.63. The van der Waals surface area contributed by atoms with Crippen molar-refractivity contribution in [3.63, 3.8) is 0 Å². The molecule has 1 amide bonds. The summed E-state index contributed by atoms with van der Waals surface area (Å²) in [4.78, 5) is 14.5. The third-order valence-corrected chi connectivity index (χ3v) is 5.56. The van der Waals surface area contributed by atoms with Crippen LogP contribution in [0, 0.1) is 0 Å². The fourth-order valence-corrected chi connectivity index (χ4v) is 3.68. The Kier molecular flexibility index (Phi) is 6.05. The van der Waals surface area contributed by atoms with Gasteiger partial charge >= 0.3 is 0 Å². The smallest absolute Gasteiger partial charge is 0.240 e. The number of benzene rings is 1. The van der Waals surface area contributed by atoms with Crippen molar-refractivity contribution in [1.29, 1.82) is 0 Å². The van der Waals surface area contributed by atoms with E-state index in [4.69, 9.17) is 0 Å². The van der Waals surface area contributed by atoms with Crippen molar-refractivity contribution >= 4 is 37.5 Å². The van der Waals surface area contributed by atoms with Crippen molar-refractivity contribution in [2.45, 2.75) is 18.9 Å². The lowest BCUT2D eigenvalue weighted by molar-refractivity contribution is -0.120. The molecular weight excluding hydrogens is 382 g/mol. The number of halogens is 1. The summed E-state index contributed by atoms with van der Waals surface area (Å²) >= 11 is 3.32. The van der Waals surface area contributed by atoms with Gasteiger partial charge in [-0.3, -0.25) is 9.10 Å². The number of nitrogens with zero attached hydrogens (tertiary/aromatic N) is 2. The maximum absolute atomic E-state index is 12.3. The van der Waals surface area contributed by atoms with Crippen LogP contribution in [0.4, 0.5) is 5.69 Å². The molecule has 0 aromatic heterocycles. The van der Waals surface area contributed by atoms with Gasteiger partial charge in [0.1, 0.15) is 6.54 Å². The predicted octanol–water partition coefficient (Wildman–Crippen LogP) is 1.43. The van der Waals surface area contributed by atoms with Gasteiger partial charge < -0.3 is 10.2 Å². The fraction of sp³-hybridized carbons (Fsp3) is 0.533. The van der Waals surface area contributed by atoms with E-state index in [1.165, 1.54) is 0 Å². The highest BCUT2D eigenvalue weighted by Crippen LogP contribution is 2.20. The summed E-state index contributed by atoms with van der Waals surface area (Å²) in [5.74, 6) is -0.270. The summed E-state index contributed by atoms with van der Waals surface area (Å²) in [6.07, 6.45) is 2.89. The van der Waals surface area contributed by atoms with Crippen molar-refractivity contribution in [3.05, 3.63) is 28.7 Å². The van der Waals surface area contributed by atoms with Crippen LogP contribution in [-0.2, 0) is 14.8 Å². The number of carbonyl (C=O) groups is 1. The van der Waals surface area contributed by atoms with Crippen molar-refractivity contribution in [3.8, 4) is 0 Å². The van der Waals surface area contributed by atoms with E-state index in [9.17, 15) is 13.2 Å². The van der Waals surface area contributed by atoms with Crippen LogP contribution in [0.3, 0.4) is 0 Å². The highest BCUT2D eigenvalue weighted by molar-refractivity contribution is 9.10. The topological polar surface area (TPSA) is 69.7 Å². The molecule has 6 nitrogen and oxygen atoms in total. The molecule has 0 aliphatic carbocycles. The van der Waals surface area contributed by atoms with E-state index in [1.54, 1.807) is 24.3 Å². The number of amides is 1. The normalized spacial score (nSPS) is 17.0. The summed E-state index contributed by atoms with van der Waals surface area (Å²) < 4.78 is 26.0. The average Bonchev–Trinajstić information content (AvgIpc) is 2.47. The van der Waals surface area contributed by atoms with Crippen LogP contribution in [0.25, 0.3) is 0 Å². The first-order valence-corrected chi connectivity index (χ1v) is 10.1. The molecule has 1 heterocycles. The monoisotopic (exact) mass is 403 g/mol. The SMILES string of the molecule is CN1CCC(NC(=O)CN(c2ccc(Br)cc2)S(C)(=O)=O)CC1. The highest BCUT2D eigenvalue weighted by atomic mass is 79.9. The first-order chi connectivity index (χ1) is 10.8. The molecular formula is C15H22BrN3O3S. The van der Waals surface area contributed by atoms with Gasteiger partial charge in [-0.15, -0.1) is 0 Å². The van der Waals surface area contributed by atoms with Crippen LogP contribution >= 0.6 is 15.9 Å². The van der Waals surface area contributed by atoms with E-state index in [0.29, 0.717) is 5.69 Å². The Hall–Kier alpha value is -1.12. The molecule has 1 aliphatic heterocycles. The number of piperidine rings is 1. The molecule has 1 N–H and O–H groups in total. The zero-order valence-electron chi connectivity index (χ0n) is 13.3. The molecule has 0 radical (unpaired) electrons. The first-order valence-electron chi connectivity index (χ1n) is 7.47. The zero-order chi connectivity index (χ0) is 17.0. The van der Waals surface area contributed by atoms with Gasteiger partial charge in [0, 0.05) is 10.5 Å². The van der Waals surface area contributed by atoms with Crippen molar-refractivity contribution in [1.82, 2.24) is 10.2 Å². The quantitative estimate of drug-likeness (QED) is 0.806. The van der Waals surface area contributed by atoms with Crippen LogP contribution in [0.2, 0.25) is 0 Å². The lowest BCUT2D eigenvalue weighted by Crippen LogP contribution is -2.47. The largest absolute Gasteiger partial charge is 0.352 e. The lowest BCUT2D eigenvalue weighted by atomic mass is 10.1. The van der Waals surface area contributed by atoms with Gasteiger partial charge in [-0.05, 0) is 57.2 Å². The van der Waals surface area contributed by atoms with Gasteiger partial charge in [-0.2, -0.15) is 0 Å². The Morgan fingerprint density at radius 2 is 1.87 bits per heavy atom. The Labute approximate surface area is 146 Å². The van der Waals surface area contributed by atoms with E-state index < -0.39 is 10.0 Å². The summed E-state index contributed by atoms with van der Waals surface area (Å²) in [6.45, 7) is 1.67. The number of sulfonamides is 1. The molecule has 0 unspecified atom stereocenters. The van der Waals surface area contributed by atoms with Crippen LogP contribution in [0.5, 0.6) is 0 Å². The van der Waals surface area contributed by atoms with Crippen molar-refractivity contribution in [2.75, 3.05) is 37.2 Å². The van der Waals surface area contributed by atoms with E-state index in [1.807, 2.05) is 0 Å². The molecule has 0 spiro atoms. The standard InChI is InChI=1S/C15H22BrN3O3S/c1-18-9-7-13(8-10-18)17-15(20)11-19(23(2,21)22)14-5-3-12(16)4-6-14/h3-6,13H,7-11H2,1-2H3,(H,17,20).